The number of phenols is 2. The first-order valence-electron chi connectivity index (χ1n) is 17.4. The van der Waals surface area contributed by atoms with Gasteiger partial charge in [0, 0.05) is 6.08 Å². The standard InChI is InChI=1S/C36H48O19/c1-17-26(41)27(42)28(43)34(52-17)55-31-29(44)33(49-11-10-19-5-8-22(47-2)21(39)12-19)53-24(14-50-35-32(45)36(46,15-37)16-51-35)30(31)54-25(40)9-6-18-4-7-20(38)23(13-18)48-3/h4-9,12-13,17,24,26-35,37-39,41-46H,10-11,14-16H2,1-3H3/b9-6-/t17-,24+,26-,27+,28+,29+,30+,31+,32-,33+,34-,35+,36+/m0/s1. The van der Waals surface area contributed by atoms with Gasteiger partial charge in [-0.15, -0.1) is 0 Å². The van der Waals surface area contributed by atoms with Crippen LogP contribution in [0.15, 0.2) is 42.5 Å². The molecule has 0 aliphatic carbocycles. The smallest absolute Gasteiger partial charge is 0.331 e. The summed E-state index contributed by atoms with van der Waals surface area (Å²) in [5.41, 5.74) is -0.974. The fourth-order valence-electron chi connectivity index (χ4n) is 6.19. The van der Waals surface area contributed by atoms with Crippen LogP contribution >= 0.6 is 0 Å². The van der Waals surface area contributed by atoms with Crippen molar-refractivity contribution in [3.63, 3.8) is 0 Å². The Kier molecular flexibility index (Phi) is 14.3. The minimum atomic E-state index is -2.04. The van der Waals surface area contributed by atoms with Crippen LogP contribution in [0.25, 0.3) is 6.08 Å². The molecule has 0 spiro atoms. The van der Waals surface area contributed by atoms with Crippen LogP contribution in [0.5, 0.6) is 23.0 Å². The van der Waals surface area contributed by atoms with Gasteiger partial charge in [0.25, 0.3) is 0 Å². The lowest BCUT2D eigenvalue weighted by Gasteiger charge is -2.46. The number of hydrogen-bond acceptors (Lipinski definition) is 19. The second-order valence-corrected chi connectivity index (χ2v) is 13.3. The van der Waals surface area contributed by atoms with Crippen molar-refractivity contribution in [2.24, 2.45) is 0 Å². The molecule has 3 aliphatic rings. The molecule has 0 amide bonds. The average Bonchev–Trinajstić information content (AvgIpc) is 3.46. The average molecular weight is 785 g/mol. The molecule has 55 heavy (non-hydrogen) atoms. The van der Waals surface area contributed by atoms with Crippen LogP contribution in [0.4, 0.5) is 0 Å². The third-order valence-corrected chi connectivity index (χ3v) is 9.50. The van der Waals surface area contributed by atoms with Crippen LogP contribution in [0.2, 0.25) is 0 Å². The van der Waals surface area contributed by atoms with Crippen molar-refractivity contribution >= 4 is 12.0 Å². The molecule has 0 aromatic heterocycles. The first-order chi connectivity index (χ1) is 26.2. The van der Waals surface area contributed by atoms with Crippen LogP contribution < -0.4 is 9.47 Å². The molecule has 3 heterocycles. The third-order valence-electron chi connectivity index (χ3n) is 9.50. The second kappa shape index (κ2) is 18.5. The maximum Gasteiger partial charge on any atom is 0.331 e. The van der Waals surface area contributed by atoms with Crippen LogP contribution in [0.1, 0.15) is 18.1 Å². The number of aromatic hydroxyl groups is 2. The number of aliphatic hydroxyl groups excluding tert-OH is 6. The van der Waals surface area contributed by atoms with Gasteiger partial charge in [-0.2, -0.15) is 0 Å². The van der Waals surface area contributed by atoms with Crippen molar-refractivity contribution in [2.45, 2.75) is 92.8 Å². The number of carbonyl (C=O) groups is 1. The predicted molar refractivity (Wildman–Crippen MR) is 184 cm³/mol. The Morgan fingerprint density at radius 1 is 0.855 bits per heavy atom. The summed E-state index contributed by atoms with van der Waals surface area (Å²) < 4.78 is 50.6. The van der Waals surface area contributed by atoms with Crippen LogP contribution in [0, 0.1) is 0 Å². The lowest BCUT2D eigenvalue weighted by atomic mass is 9.96. The quantitative estimate of drug-likeness (QED) is 0.0701. The molecule has 3 fully saturated rings. The maximum absolute atomic E-state index is 13.4. The van der Waals surface area contributed by atoms with Gasteiger partial charge in [0.2, 0.25) is 0 Å². The Labute approximate surface area is 315 Å². The molecule has 19 nitrogen and oxygen atoms in total. The largest absolute Gasteiger partial charge is 0.504 e. The van der Waals surface area contributed by atoms with Crippen molar-refractivity contribution < 1.29 is 93.4 Å². The van der Waals surface area contributed by atoms with Gasteiger partial charge in [-0.05, 0) is 54.8 Å². The second-order valence-electron chi connectivity index (χ2n) is 13.3. The Hall–Kier alpha value is -3.67. The summed E-state index contributed by atoms with van der Waals surface area (Å²) >= 11 is 0. The van der Waals surface area contributed by atoms with Gasteiger partial charge in [0.1, 0.15) is 48.3 Å². The number of hydrogen-bond donors (Lipinski definition) is 9. The van der Waals surface area contributed by atoms with E-state index in [1.807, 2.05) is 0 Å². The highest BCUT2D eigenvalue weighted by Gasteiger charge is 2.54. The molecular weight excluding hydrogens is 736 g/mol. The van der Waals surface area contributed by atoms with Gasteiger partial charge in [-0.3, -0.25) is 0 Å². The van der Waals surface area contributed by atoms with Gasteiger partial charge in [-0.1, -0.05) is 12.1 Å². The molecule has 9 N–H and O–H groups in total. The summed E-state index contributed by atoms with van der Waals surface area (Å²) in [5, 5.41) is 94.0. The summed E-state index contributed by atoms with van der Waals surface area (Å²) in [5.74, 6) is -0.850. The Balaban J connectivity index is 1.42. The Bertz CT molecular complexity index is 1610. The van der Waals surface area contributed by atoms with Crippen LogP contribution in [-0.2, 0) is 44.4 Å². The minimum Gasteiger partial charge on any atom is -0.504 e. The summed E-state index contributed by atoms with van der Waals surface area (Å²) in [6.45, 7) is -0.579. The number of methoxy groups -OCH3 is 2. The SMILES string of the molecule is COc1ccc(CCO[C@@H]2O[C@H](CO[C@@H]3OC[C@](O)(CO)[C@H]3O)[C@@H](OC(=O)/C=C\c3ccc(O)c(OC)c3)[C@H](O[C@@H]3O[C@@H](C)[C@H](O)[C@@H](O)[C@H]3O)[C@H]2O)cc1O. The molecule has 306 valence electrons. The van der Waals surface area contributed by atoms with Crippen LogP contribution in [-0.4, -0.2) is 172 Å². The van der Waals surface area contributed by atoms with E-state index in [0.29, 0.717) is 11.1 Å². The van der Waals surface area contributed by atoms with Crippen molar-refractivity contribution in [1.82, 2.24) is 0 Å². The first-order valence-corrected chi connectivity index (χ1v) is 17.4. The highest BCUT2D eigenvalue weighted by Crippen LogP contribution is 2.34. The lowest BCUT2D eigenvalue weighted by Crippen LogP contribution is -2.65. The number of ether oxygens (including phenoxy) is 9. The fourth-order valence-corrected chi connectivity index (χ4v) is 6.19. The van der Waals surface area contributed by atoms with Crippen molar-refractivity contribution in [1.29, 1.82) is 0 Å². The predicted octanol–water partition coefficient (Wildman–Crippen LogP) is -1.94. The van der Waals surface area contributed by atoms with E-state index in [-0.39, 0.29) is 36.0 Å². The molecule has 2 aromatic rings. The van der Waals surface area contributed by atoms with Gasteiger partial charge < -0.3 is 88.6 Å². The molecule has 5 rings (SSSR count). The number of benzene rings is 2. The van der Waals surface area contributed by atoms with Crippen molar-refractivity contribution in [2.75, 3.05) is 40.6 Å². The summed E-state index contributed by atoms with van der Waals surface area (Å²) in [6, 6.07) is 9.00. The first kappa shape index (κ1) is 42.5. The normalized spacial score (nSPS) is 35.2. The monoisotopic (exact) mass is 784 g/mol. The molecule has 3 saturated heterocycles. The number of esters is 1. The summed E-state index contributed by atoms with van der Waals surface area (Å²) in [6.07, 6.45) is -16.4. The lowest BCUT2D eigenvalue weighted by molar-refractivity contribution is -0.360. The molecule has 3 aliphatic heterocycles. The fraction of sp³-hybridized carbons (Fsp3) is 0.583. The molecule has 2 aromatic carbocycles. The summed E-state index contributed by atoms with van der Waals surface area (Å²) in [7, 11) is 2.75. The molecule has 13 atom stereocenters. The topological polar surface area (TPSA) is 282 Å². The number of aliphatic hydroxyl groups is 7. The van der Waals surface area contributed by atoms with E-state index >= 15 is 0 Å². The minimum absolute atomic E-state index is 0.102. The molecule has 19 heteroatoms. The van der Waals surface area contributed by atoms with Crippen molar-refractivity contribution in [3.05, 3.63) is 53.6 Å². The number of rotatable bonds is 15. The number of phenolic OH excluding ortho intramolecular Hbond substituents is 2. The third kappa shape index (κ3) is 9.84. The van der Waals surface area contributed by atoms with E-state index in [9.17, 15) is 50.8 Å². The van der Waals surface area contributed by atoms with Gasteiger partial charge >= 0.3 is 5.97 Å². The molecule has 0 saturated carbocycles. The molecular formula is C36H48O19. The van der Waals surface area contributed by atoms with E-state index < -0.39 is 105 Å². The van der Waals surface area contributed by atoms with Gasteiger partial charge in [-0.25, -0.2) is 4.79 Å². The van der Waals surface area contributed by atoms with E-state index in [1.165, 1.54) is 51.5 Å². The Morgan fingerprint density at radius 2 is 1.60 bits per heavy atom. The molecule has 0 unspecified atom stereocenters. The maximum atomic E-state index is 13.4. The van der Waals surface area contributed by atoms with Crippen LogP contribution in [0.3, 0.4) is 0 Å². The summed E-state index contributed by atoms with van der Waals surface area (Å²) in [4.78, 5) is 13.4. The van der Waals surface area contributed by atoms with Gasteiger partial charge in [0.15, 0.2) is 48.0 Å². The van der Waals surface area contributed by atoms with E-state index in [4.69, 9.17) is 42.6 Å². The van der Waals surface area contributed by atoms with Crippen molar-refractivity contribution in [3.8, 4) is 23.0 Å². The van der Waals surface area contributed by atoms with E-state index in [1.54, 1.807) is 12.1 Å². The Morgan fingerprint density at radius 3 is 2.27 bits per heavy atom. The molecule has 0 bridgehead atoms. The van der Waals surface area contributed by atoms with E-state index in [2.05, 4.69) is 0 Å². The van der Waals surface area contributed by atoms with Gasteiger partial charge in [0.05, 0.1) is 46.8 Å². The zero-order valence-electron chi connectivity index (χ0n) is 30.2. The zero-order chi connectivity index (χ0) is 40.0. The van der Waals surface area contributed by atoms with E-state index in [0.717, 1.165) is 6.08 Å². The zero-order valence-corrected chi connectivity index (χ0v) is 30.2. The number of carbonyl (C=O) groups excluding carboxylic acids is 1. The highest BCUT2D eigenvalue weighted by atomic mass is 16.8. The highest BCUT2D eigenvalue weighted by molar-refractivity contribution is 5.87. The molecule has 0 radical (unpaired) electrons.